The van der Waals surface area contributed by atoms with Crippen molar-refractivity contribution >= 4 is 28.7 Å². The van der Waals surface area contributed by atoms with Gasteiger partial charge in [0.15, 0.2) is 5.76 Å². The van der Waals surface area contributed by atoms with Crippen molar-refractivity contribution in [2.75, 3.05) is 4.90 Å². The number of phenols is 1. The molecule has 0 saturated heterocycles. The minimum atomic E-state index is -0.875. The molecule has 0 saturated carbocycles. The summed E-state index contributed by atoms with van der Waals surface area (Å²) in [4.78, 5) is 32.7. The summed E-state index contributed by atoms with van der Waals surface area (Å²) >= 11 is 1.23. The normalized spacial score (nSPS) is 16.4. The maximum Gasteiger partial charge on any atom is 0.294 e. The third kappa shape index (κ3) is 3.17. The number of hydrogen-bond donors (Lipinski definition) is 2. The van der Waals surface area contributed by atoms with Gasteiger partial charge in [-0.3, -0.25) is 14.5 Å². The predicted octanol–water partition coefficient (Wildman–Crippen LogP) is 4.56. The van der Waals surface area contributed by atoms with Crippen LogP contribution in [0.1, 0.15) is 37.5 Å². The molecule has 1 atom stereocenters. The standard InChI is InChI=1S/C23H20N2O4S/c1-12-7-4-5-10-17(12)25-19(15-8-6-9-16(26)11-15)18(21(28)23(25)29)20(27)22-13(2)24-14(3)30-22/h4-11,19,26,28H,1-3H3. The molecule has 2 aromatic carbocycles. The number of carbonyl (C=O) groups excluding carboxylic acids is 2. The zero-order valence-corrected chi connectivity index (χ0v) is 17.5. The van der Waals surface area contributed by atoms with Gasteiger partial charge in [-0.15, -0.1) is 11.3 Å². The number of ketones is 1. The van der Waals surface area contributed by atoms with Crippen molar-refractivity contribution in [3.8, 4) is 5.75 Å². The van der Waals surface area contributed by atoms with Crippen LogP contribution in [0, 0.1) is 20.8 Å². The molecule has 0 aliphatic carbocycles. The summed E-state index contributed by atoms with van der Waals surface area (Å²) in [6.07, 6.45) is 0. The second-order valence-electron chi connectivity index (χ2n) is 7.20. The van der Waals surface area contributed by atoms with Gasteiger partial charge in [0.1, 0.15) is 5.75 Å². The highest BCUT2D eigenvalue weighted by Crippen LogP contribution is 2.44. The summed E-state index contributed by atoms with van der Waals surface area (Å²) < 4.78 is 0. The van der Waals surface area contributed by atoms with Crippen molar-refractivity contribution in [3.05, 3.63) is 86.6 Å². The Hall–Kier alpha value is -3.45. The summed E-state index contributed by atoms with van der Waals surface area (Å²) in [7, 11) is 0. The molecular weight excluding hydrogens is 400 g/mol. The first kappa shape index (κ1) is 19.8. The lowest BCUT2D eigenvalue weighted by molar-refractivity contribution is -0.117. The lowest BCUT2D eigenvalue weighted by Crippen LogP contribution is -2.31. The average molecular weight is 420 g/mol. The number of aryl methyl sites for hydroxylation is 3. The Morgan fingerprint density at radius 2 is 1.80 bits per heavy atom. The van der Waals surface area contributed by atoms with Crippen molar-refractivity contribution in [3.63, 3.8) is 0 Å². The van der Waals surface area contributed by atoms with Gasteiger partial charge in [-0.2, -0.15) is 0 Å². The Morgan fingerprint density at radius 1 is 1.07 bits per heavy atom. The molecule has 1 aliphatic rings. The molecule has 0 fully saturated rings. The molecule has 0 bridgehead atoms. The molecule has 1 unspecified atom stereocenters. The first-order valence-corrected chi connectivity index (χ1v) is 10.2. The number of aromatic nitrogens is 1. The van der Waals surface area contributed by atoms with Crippen molar-refractivity contribution in [2.45, 2.75) is 26.8 Å². The summed E-state index contributed by atoms with van der Waals surface area (Å²) in [5.41, 5.74) is 2.47. The van der Waals surface area contributed by atoms with E-state index in [1.54, 1.807) is 38.1 Å². The van der Waals surface area contributed by atoms with Crippen LogP contribution in [0.2, 0.25) is 0 Å². The van der Waals surface area contributed by atoms with Crippen LogP contribution in [0.3, 0.4) is 0 Å². The molecule has 152 valence electrons. The topological polar surface area (TPSA) is 90.7 Å². The summed E-state index contributed by atoms with van der Waals surface area (Å²) in [6.45, 7) is 5.39. The molecule has 1 aliphatic heterocycles. The van der Waals surface area contributed by atoms with Crippen LogP contribution in [0.25, 0.3) is 0 Å². The van der Waals surface area contributed by atoms with E-state index < -0.39 is 23.5 Å². The van der Waals surface area contributed by atoms with Crippen molar-refractivity contribution in [1.29, 1.82) is 0 Å². The monoisotopic (exact) mass is 420 g/mol. The second-order valence-corrected chi connectivity index (χ2v) is 8.40. The van der Waals surface area contributed by atoms with E-state index in [1.807, 2.05) is 19.1 Å². The Balaban J connectivity index is 1.93. The molecule has 30 heavy (non-hydrogen) atoms. The minimum absolute atomic E-state index is 0.00712. The number of aliphatic hydroxyl groups is 1. The highest BCUT2D eigenvalue weighted by molar-refractivity contribution is 7.14. The van der Waals surface area contributed by atoms with Gasteiger partial charge in [0.25, 0.3) is 5.91 Å². The average Bonchev–Trinajstić information content (AvgIpc) is 3.18. The summed E-state index contributed by atoms with van der Waals surface area (Å²) in [5.74, 6) is -1.66. The Kier molecular flexibility index (Phi) is 4.91. The molecule has 0 radical (unpaired) electrons. The largest absolute Gasteiger partial charge is 0.508 e. The van der Waals surface area contributed by atoms with Gasteiger partial charge in [0.05, 0.1) is 27.2 Å². The summed E-state index contributed by atoms with van der Waals surface area (Å²) in [5, 5.41) is 21.6. The van der Waals surface area contributed by atoms with Crippen molar-refractivity contribution < 1.29 is 19.8 Å². The maximum atomic E-state index is 13.5. The Bertz CT molecular complexity index is 1210. The SMILES string of the molecule is Cc1nc(C)c(C(=O)C2=C(O)C(=O)N(c3ccccc3C)C2c2cccc(O)c2)s1. The lowest BCUT2D eigenvalue weighted by Gasteiger charge is -2.28. The Labute approximate surface area is 177 Å². The quantitative estimate of drug-likeness (QED) is 0.604. The van der Waals surface area contributed by atoms with Crippen LogP contribution >= 0.6 is 11.3 Å². The van der Waals surface area contributed by atoms with Gasteiger partial charge in [0, 0.05) is 5.69 Å². The molecule has 1 amide bonds. The number of amides is 1. The molecule has 7 heteroatoms. The van der Waals surface area contributed by atoms with E-state index >= 15 is 0 Å². The van der Waals surface area contributed by atoms with Gasteiger partial charge >= 0.3 is 0 Å². The molecule has 6 nitrogen and oxygen atoms in total. The second kappa shape index (κ2) is 7.42. The molecule has 2 heterocycles. The highest BCUT2D eigenvalue weighted by Gasteiger charge is 2.45. The third-order valence-electron chi connectivity index (χ3n) is 5.12. The zero-order chi connectivity index (χ0) is 21.6. The van der Waals surface area contributed by atoms with Crippen LogP contribution in [-0.4, -0.2) is 26.9 Å². The van der Waals surface area contributed by atoms with Gasteiger partial charge in [0.2, 0.25) is 5.78 Å². The highest BCUT2D eigenvalue weighted by atomic mass is 32.1. The number of benzene rings is 2. The number of thiazole rings is 1. The fourth-order valence-corrected chi connectivity index (χ4v) is 4.67. The van der Waals surface area contributed by atoms with Crippen LogP contribution in [0.4, 0.5) is 5.69 Å². The van der Waals surface area contributed by atoms with E-state index in [4.69, 9.17) is 0 Å². The molecular formula is C23H20N2O4S. The molecule has 2 N–H and O–H groups in total. The zero-order valence-electron chi connectivity index (χ0n) is 16.7. The number of aromatic hydroxyl groups is 1. The lowest BCUT2D eigenvalue weighted by atomic mass is 9.94. The van der Waals surface area contributed by atoms with Gasteiger partial charge in [-0.1, -0.05) is 30.3 Å². The van der Waals surface area contributed by atoms with Crippen LogP contribution in [0.15, 0.2) is 59.9 Å². The maximum absolute atomic E-state index is 13.5. The third-order valence-corrected chi connectivity index (χ3v) is 6.20. The van der Waals surface area contributed by atoms with Gasteiger partial charge in [-0.05, 0) is 50.1 Å². The number of Topliss-reactive ketones (excluding diaryl/α,β-unsaturated/α-hetero) is 1. The summed E-state index contributed by atoms with van der Waals surface area (Å²) in [6, 6.07) is 12.8. The van der Waals surface area contributed by atoms with Gasteiger partial charge < -0.3 is 10.2 Å². The van der Waals surface area contributed by atoms with E-state index in [-0.39, 0.29) is 11.3 Å². The number of para-hydroxylation sites is 1. The van der Waals surface area contributed by atoms with E-state index in [0.29, 0.717) is 21.8 Å². The number of anilines is 1. The first-order valence-electron chi connectivity index (χ1n) is 9.39. The Morgan fingerprint density at radius 3 is 2.43 bits per heavy atom. The number of hydrogen-bond acceptors (Lipinski definition) is 6. The van der Waals surface area contributed by atoms with E-state index in [1.165, 1.54) is 28.4 Å². The van der Waals surface area contributed by atoms with E-state index in [2.05, 4.69) is 4.98 Å². The smallest absolute Gasteiger partial charge is 0.294 e. The first-order chi connectivity index (χ1) is 14.3. The van der Waals surface area contributed by atoms with Gasteiger partial charge in [-0.25, -0.2) is 4.98 Å². The number of phenolic OH excluding ortho intramolecular Hbond substituents is 1. The number of aliphatic hydroxyl groups excluding tert-OH is 1. The van der Waals surface area contributed by atoms with Crippen molar-refractivity contribution in [2.24, 2.45) is 0 Å². The number of carbonyl (C=O) groups is 2. The van der Waals surface area contributed by atoms with Crippen LogP contribution in [-0.2, 0) is 4.79 Å². The minimum Gasteiger partial charge on any atom is -0.508 e. The van der Waals surface area contributed by atoms with Crippen LogP contribution < -0.4 is 4.90 Å². The van der Waals surface area contributed by atoms with Crippen molar-refractivity contribution in [1.82, 2.24) is 4.98 Å². The molecule has 4 rings (SSSR count). The fraction of sp³-hybridized carbons (Fsp3) is 0.174. The number of rotatable bonds is 4. The van der Waals surface area contributed by atoms with Crippen LogP contribution in [0.5, 0.6) is 5.75 Å². The molecule has 0 spiro atoms. The molecule has 3 aromatic rings. The van der Waals surface area contributed by atoms with E-state index in [0.717, 1.165) is 10.6 Å². The fourth-order valence-electron chi connectivity index (χ4n) is 3.79. The molecule has 1 aromatic heterocycles. The van der Waals surface area contributed by atoms with E-state index in [9.17, 15) is 19.8 Å². The number of nitrogens with zero attached hydrogens (tertiary/aromatic N) is 2. The predicted molar refractivity (Wildman–Crippen MR) is 115 cm³/mol.